The van der Waals surface area contributed by atoms with Gasteiger partial charge >= 0.3 is 0 Å². The first-order chi connectivity index (χ1) is 43.1. The highest BCUT2D eigenvalue weighted by Gasteiger charge is 2.29. The van der Waals surface area contributed by atoms with Crippen molar-refractivity contribution in [1.82, 2.24) is 13.4 Å². The summed E-state index contributed by atoms with van der Waals surface area (Å²) in [5, 5.41) is 29.7. The summed E-state index contributed by atoms with van der Waals surface area (Å²) in [7, 11) is 0. The first kappa shape index (κ1) is 44.5. The van der Waals surface area contributed by atoms with Gasteiger partial charge in [-0.25, -0.2) is 0 Å². The maximum atomic E-state index is 9.66. The van der Waals surface area contributed by atoms with Crippen LogP contribution in [0.2, 0.25) is 0 Å². The molecule has 9 aromatic heterocycles. The molecule has 0 bridgehead atoms. The molecule has 0 N–H and O–H groups in total. The third-order valence-electron chi connectivity index (χ3n) is 19.5. The molecule has 0 saturated carbocycles. The fourth-order valence-electron chi connectivity index (χ4n) is 15.8. The molecule has 0 amide bonds. The van der Waals surface area contributed by atoms with E-state index in [-0.39, 0.29) is 0 Å². The smallest absolute Gasteiger partial charge is 0.160 e. The second-order valence-electron chi connectivity index (χ2n) is 23.7. The van der Waals surface area contributed by atoms with E-state index in [2.05, 4.69) is 207 Å². The molecule has 0 aliphatic heterocycles. The zero-order valence-corrected chi connectivity index (χ0v) is 45.9. The zero-order valence-electron chi connectivity index (χ0n) is 45.9. The molecule has 0 unspecified atom stereocenters. The number of aromatic nitrogens is 3. The maximum Gasteiger partial charge on any atom is 0.160 e. The van der Waals surface area contributed by atoms with E-state index in [4.69, 9.17) is 17.7 Å². The number of fused-ring (bicyclic) bond motifs is 31. The second kappa shape index (κ2) is 15.4. The van der Waals surface area contributed by atoms with Crippen LogP contribution in [0.15, 0.2) is 248 Å². The molecule has 87 heavy (non-hydrogen) atoms. The molecule has 0 aliphatic carbocycles. The summed E-state index contributed by atoms with van der Waals surface area (Å²) in [4.78, 5) is 0. The van der Waals surface area contributed by atoms with Crippen LogP contribution in [0.25, 0.3) is 214 Å². The lowest BCUT2D eigenvalue weighted by Crippen LogP contribution is -1.94. The van der Waals surface area contributed by atoms with E-state index in [1.807, 2.05) is 42.5 Å². The van der Waals surface area contributed by atoms with Crippen molar-refractivity contribution >= 4 is 186 Å². The van der Waals surface area contributed by atoms with E-state index in [9.17, 15) is 5.26 Å². The number of hydrogen-bond donors (Lipinski definition) is 0. The van der Waals surface area contributed by atoms with Gasteiger partial charge < -0.3 is 31.0 Å². The number of benzene rings is 13. The maximum absolute atomic E-state index is 9.66. The van der Waals surface area contributed by atoms with Crippen LogP contribution in [0.4, 0.5) is 0 Å². The van der Waals surface area contributed by atoms with Gasteiger partial charge in [0.15, 0.2) is 22.3 Å². The van der Waals surface area contributed by atoms with Crippen LogP contribution in [0.5, 0.6) is 0 Å². The molecular formula is C79H38N4O4. The van der Waals surface area contributed by atoms with Crippen molar-refractivity contribution in [2.24, 2.45) is 0 Å². The molecule has 0 aliphatic rings. The Morgan fingerprint density at radius 1 is 0.253 bits per heavy atom. The van der Waals surface area contributed by atoms with Gasteiger partial charge in [-0.2, -0.15) is 5.26 Å². The highest BCUT2D eigenvalue weighted by Crippen LogP contribution is 2.51. The SMILES string of the molecule is N#Cc1ccc(-c2cc3c4ccc5c6ccccc6oc5c4n4c3c(c2)c2ccc3c5ccc(-c6ccc7c(c6)c6ccccc6n7-c6cc7c8ccc9c%10ccccc%10oc9c8n8c7c(c6)c6ccc7c9ccccc9oc7c68)cc5oc3c24)cc1. The molecular weight excluding hydrogens is 1070 g/mol. The normalized spacial score (nSPS) is 12.8. The van der Waals surface area contributed by atoms with E-state index in [1.54, 1.807) is 0 Å². The minimum atomic E-state index is 0.634. The van der Waals surface area contributed by atoms with Gasteiger partial charge in [-0.15, -0.1) is 0 Å². The van der Waals surface area contributed by atoms with Crippen molar-refractivity contribution in [3.63, 3.8) is 0 Å². The van der Waals surface area contributed by atoms with Crippen LogP contribution in [0.3, 0.4) is 0 Å². The molecule has 0 atom stereocenters. The lowest BCUT2D eigenvalue weighted by Gasteiger charge is -2.10. The highest BCUT2D eigenvalue weighted by atomic mass is 16.3. The summed E-state index contributed by atoms with van der Waals surface area (Å²) in [6.07, 6.45) is 0. The first-order valence-corrected chi connectivity index (χ1v) is 29.4. The number of hydrogen-bond acceptors (Lipinski definition) is 5. The Bertz CT molecular complexity index is 6790. The number of nitrogens with zero attached hydrogens (tertiary/aromatic N) is 4. The van der Waals surface area contributed by atoms with Gasteiger partial charge in [-0.3, -0.25) is 0 Å². The van der Waals surface area contributed by atoms with Crippen molar-refractivity contribution in [2.45, 2.75) is 0 Å². The topological polar surface area (TPSA) is 90.1 Å². The third-order valence-corrected chi connectivity index (χ3v) is 19.5. The average molecular weight is 1110 g/mol. The molecule has 13 aromatic carbocycles. The summed E-state index contributed by atoms with van der Waals surface area (Å²) < 4.78 is 35.1. The highest BCUT2D eigenvalue weighted by molar-refractivity contribution is 6.34. The summed E-state index contributed by atoms with van der Waals surface area (Å²) in [5.74, 6) is 0. The minimum Gasteiger partial charge on any atom is -0.454 e. The fourth-order valence-corrected chi connectivity index (χ4v) is 15.8. The molecule has 8 heteroatoms. The summed E-state index contributed by atoms with van der Waals surface area (Å²) in [5.41, 5.74) is 21.5. The Hall–Kier alpha value is -12.1. The fraction of sp³-hybridized carbons (Fsp3) is 0. The van der Waals surface area contributed by atoms with Gasteiger partial charge in [-0.1, -0.05) is 121 Å². The quantitative estimate of drug-likeness (QED) is 0.176. The van der Waals surface area contributed by atoms with Crippen LogP contribution >= 0.6 is 0 Å². The van der Waals surface area contributed by atoms with Crippen molar-refractivity contribution < 1.29 is 17.7 Å². The van der Waals surface area contributed by atoms with Crippen molar-refractivity contribution in [3.8, 4) is 34.0 Å². The summed E-state index contributed by atoms with van der Waals surface area (Å²) in [6, 6.07) is 84.9. The van der Waals surface area contributed by atoms with Crippen LogP contribution < -0.4 is 0 Å². The predicted molar refractivity (Wildman–Crippen MR) is 355 cm³/mol. The van der Waals surface area contributed by atoms with Gasteiger partial charge in [0.05, 0.1) is 55.8 Å². The molecule has 0 radical (unpaired) electrons. The van der Waals surface area contributed by atoms with E-state index in [0.29, 0.717) is 5.56 Å². The minimum absolute atomic E-state index is 0.634. The Morgan fingerprint density at radius 3 is 1.13 bits per heavy atom. The standard InChI is InChI=1S/C79H38N4O4/c80-39-40-17-19-41(20-18-40)44-34-60-51-24-28-55-47-10-2-6-14-66(47)84-76(55)72(51)82-70(60)61(35-44)52-25-31-58-50-23-21-43(36-69(50)87-79(58)73(52)82)42-22-32-65-59(33-42)46-9-1-5-13-64(46)81(65)45-37-62-53-26-29-56-48-11-3-7-15-67(48)85-77(56)74(53)83-71(62)63(38-45)54-27-30-57-49-12-4-8-16-68(49)86-78(57)75(54)83/h1-38H. The lowest BCUT2D eigenvalue weighted by atomic mass is 9.98. The first-order valence-electron chi connectivity index (χ1n) is 29.4. The van der Waals surface area contributed by atoms with Crippen molar-refractivity contribution in [2.75, 3.05) is 0 Å². The number of nitriles is 1. The van der Waals surface area contributed by atoms with E-state index in [0.717, 1.165) is 208 Å². The number of furan rings is 4. The monoisotopic (exact) mass is 1110 g/mol. The molecule has 22 rings (SSSR count). The van der Waals surface area contributed by atoms with E-state index in [1.165, 1.54) is 5.39 Å². The predicted octanol–water partition coefficient (Wildman–Crippen LogP) is 21.9. The summed E-state index contributed by atoms with van der Waals surface area (Å²) >= 11 is 0. The third kappa shape index (κ3) is 5.41. The molecule has 0 saturated heterocycles. The van der Waals surface area contributed by atoms with Crippen molar-refractivity contribution in [3.05, 3.63) is 236 Å². The van der Waals surface area contributed by atoms with Crippen LogP contribution in [-0.4, -0.2) is 13.4 Å². The van der Waals surface area contributed by atoms with Gasteiger partial charge in [0.25, 0.3) is 0 Å². The Morgan fingerprint density at radius 2 is 0.621 bits per heavy atom. The molecule has 398 valence electrons. The van der Waals surface area contributed by atoms with Crippen LogP contribution in [0, 0.1) is 11.3 Å². The van der Waals surface area contributed by atoms with Crippen molar-refractivity contribution in [1.29, 1.82) is 5.26 Å². The molecule has 0 fully saturated rings. The molecule has 0 spiro atoms. The van der Waals surface area contributed by atoms with E-state index < -0.39 is 0 Å². The van der Waals surface area contributed by atoms with Gasteiger partial charge in [0, 0.05) is 103 Å². The zero-order chi connectivity index (χ0) is 56.2. The molecule has 8 nitrogen and oxygen atoms in total. The van der Waals surface area contributed by atoms with Gasteiger partial charge in [-0.05, 0) is 131 Å². The lowest BCUT2D eigenvalue weighted by molar-refractivity contribution is 0.669. The second-order valence-corrected chi connectivity index (χ2v) is 23.7. The van der Waals surface area contributed by atoms with Gasteiger partial charge in [0.1, 0.15) is 22.3 Å². The Balaban J connectivity index is 0.754. The Kier molecular flexibility index (Phi) is 7.87. The average Bonchev–Trinajstić information content (AvgIpc) is 1.55. The molecule has 9 heterocycles. The van der Waals surface area contributed by atoms with Crippen LogP contribution in [-0.2, 0) is 0 Å². The van der Waals surface area contributed by atoms with E-state index >= 15 is 0 Å². The Labute approximate surface area is 489 Å². The number of rotatable bonds is 3. The van der Waals surface area contributed by atoms with Gasteiger partial charge in [0.2, 0.25) is 0 Å². The summed E-state index contributed by atoms with van der Waals surface area (Å²) in [6.45, 7) is 0. The number of para-hydroxylation sites is 4. The molecule has 22 aromatic rings. The largest absolute Gasteiger partial charge is 0.454 e. The van der Waals surface area contributed by atoms with Crippen LogP contribution in [0.1, 0.15) is 5.56 Å².